The number of benzene rings is 2. The van der Waals surface area contributed by atoms with Crippen molar-refractivity contribution in [3.05, 3.63) is 34.5 Å². The maximum absolute atomic E-state index is 13.9. The van der Waals surface area contributed by atoms with E-state index >= 15 is 0 Å². The van der Waals surface area contributed by atoms with Gasteiger partial charge in [0.25, 0.3) is 0 Å². The average molecular weight is 657 g/mol. The largest absolute Gasteiger partial charge is 0.504 e. The Labute approximate surface area is 257 Å². The molecular formula is C28H32O18. The second kappa shape index (κ2) is 13.0. The molecule has 2 aliphatic rings. The standard InChI is InChI=1S/C28H32O18/c1-41-24-11(33)5-12-15(18(24)36)19(37)26(23(42-12)8-2-3-9(31)10(32)4-8)46-28-22(40)25(17(35)14(7-30)44-28)45-27-21(39)20(38)16(34)13(6-29)43-27/h2-5,13-14,16-17,20-22,25,27-36,38-40H,6-7H2,1H3/t13-,14-,16-,17-,20-,21-,22-,25+,27-,28-/m0/s1. The molecule has 0 radical (unpaired) electrons. The van der Waals surface area contributed by atoms with Crippen LogP contribution in [0, 0.1) is 0 Å². The van der Waals surface area contributed by atoms with E-state index in [9.17, 15) is 61.0 Å². The van der Waals surface area contributed by atoms with Crippen LogP contribution in [0.2, 0.25) is 0 Å². The Morgan fingerprint density at radius 1 is 0.739 bits per heavy atom. The van der Waals surface area contributed by atoms with Crippen LogP contribution < -0.4 is 14.9 Å². The molecular weight excluding hydrogens is 624 g/mol. The van der Waals surface area contributed by atoms with E-state index in [4.69, 9.17) is 28.1 Å². The maximum Gasteiger partial charge on any atom is 0.239 e. The van der Waals surface area contributed by atoms with Crippen LogP contribution in [0.5, 0.6) is 34.5 Å². The van der Waals surface area contributed by atoms with E-state index in [1.165, 1.54) is 6.07 Å². The summed E-state index contributed by atoms with van der Waals surface area (Å²) in [5.74, 6) is -4.37. The minimum absolute atomic E-state index is 0.0859. The molecule has 252 valence electrons. The van der Waals surface area contributed by atoms with Gasteiger partial charge in [-0.25, -0.2) is 0 Å². The minimum Gasteiger partial charge on any atom is -0.504 e. The van der Waals surface area contributed by atoms with Gasteiger partial charge >= 0.3 is 0 Å². The van der Waals surface area contributed by atoms with Gasteiger partial charge in [0.15, 0.2) is 35.0 Å². The van der Waals surface area contributed by atoms with Gasteiger partial charge in [0.05, 0.1) is 20.3 Å². The topological polar surface area (TPSA) is 299 Å². The molecule has 18 heteroatoms. The lowest BCUT2D eigenvalue weighted by atomic mass is 9.97. The van der Waals surface area contributed by atoms with E-state index in [0.29, 0.717) is 0 Å². The summed E-state index contributed by atoms with van der Waals surface area (Å²) in [7, 11) is 1.11. The van der Waals surface area contributed by atoms with E-state index in [1.54, 1.807) is 0 Å². The second-order valence-corrected chi connectivity index (χ2v) is 10.6. The van der Waals surface area contributed by atoms with Gasteiger partial charge in [0.1, 0.15) is 59.8 Å². The highest BCUT2D eigenvalue weighted by Gasteiger charge is 2.51. The van der Waals surface area contributed by atoms with Crippen LogP contribution in [0.25, 0.3) is 22.3 Å². The fraction of sp³-hybridized carbons (Fsp3) is 0.464. The molecule has 10 atom stereocenters. The predicted molar refractivity (Wildman–Crippen MR) is 148 cm³/mol. The number of methoxy groups -OCH3 is 1. The van der Waals surface area contributed by atoms with Gasteiger partial charge in [-0.2, -0.15) is 0 Å². The fourth-order valence-electron chi connectivity index (χ4n) is 5.21. The minimum atomic E-state index is -2.07. The lowest BCUT2D eigenvalue weighted by molar-refractivity contribution is -0.352. The first-order valence-electron chi connectivity index (χ1n) is 13.7. The highest BCUT2D eigenvalue weighted by Crippen LogP contribution is 2.44. The number of phenols is 4. The average Bonchev–Trinajstić information content (AvgIpc) is 3.02. The van der Waals surface area contributed by atoms with Crippen molar-refractivity contribution < 1.29 is 84.3 Å². The first-order valence-corrected chi connectivity index (χ1v) is 13.7. The van der Waals surface area contributed by atoms with E-state index < -0.39 is 126 Å². The number of rotatable bonds is 8. The van der Waals surface area contributed by atoms with E-state index in [-0.39, 0.29) is 11.1 Å². The van der Waals surface area contributed by atoms with Gasteiger partial charge in [0, 0.05) is 11.6 Å². The fourth-order valence-corrected chi connectivity index (χ4v) is 5.21. The van der Waals surface area contributed by atoms with Gasteiger partial charge in [0.2, 0.25) is 23.2 Å². The summed E-state index contributed by atoms with van der Waals surface area (Å²) in [4.78, 5) is 13.9. The van der Waals surface area contributed by atoms with Crippen LogP contribution in [0.4, 0.5) is 0 Å². The molecule has 5 rings (SSSR count). The van der Waals surface area contributed by atoms with Crippen LogP contribution in [-0.2, 0) is 14.2 Å². The van der Waals surface area contributed by atoms with Gasteiger partial charge in [-0.05, 0) is 18.2 Å². The molecule has 0 amide bonds. The van der Waals surface area contributed by atoms with Crippen LogP contribution in [0.3, 0.4) is 0 Å². The molecule has 2 fully saturated rings. The van der Waals surface area contributed by atoms with E-state index in [2.05, 4.69) is 0 Å². The summed E-state index contributed by atoms with van der Waals surface area (Å²) < 4.78 is 32.8. The first-order chi connectivity index (χ1) is 21.8. The van der Waals surface area contributed by atoms with E-state index in [0.717, 1.165) is 25.3 Å². The predicted octanol–water partition coefficient (Wildman–Crippen LogP) is -2.71. The van der Waals surface area contributed by atoms with Gasteiger partial charge in [-0.1, -0.05) is 0 Å². The van der Waals surface area contributed by atoms with E-state index in [1.807, 2.05) is 0 Å². The Kier molecular flexibility index (Phi) is 9.47. The third-order valence-electron chi connectivity index (χ3n) is 7.69. The zero-order chi connectivity index (χ0) is 33.6. The smallest absolute Gasteiger partial charge is 0.239 e. The van der Waals surface area contributed by atoms with Crippen molar-refractivity contribution in [3.63, 3.8) is 0 Å². The van der Waals surface area contributed by atoms with Crippen molar-refractivity contribution in [2.45, 2.75) is 61.4 Å². The summed E-state index contributed by atoms with van der Waals surface area (Å²) in [6.45, 7) is -1.71. The van der Waals surface area contributed by atoms with Crippen molar-refractivity contribution in [1.82, 2.24) is 0 Å². The summed E-state index contributed by atoms with van der Waals surface area (Å²) in [6, 6.07) is 4.20. The zero-order valence-corrected chi connectivity index (χ0v) is 23.8. The van der Waals surface area contributed by atoms with Crippen molar-refractivity contribution in [2.24, 2.45) is 0 Å². The Bertz CT molecular complexity index is 1620. The van der Waals surface area contributed by atoms with Crippen molar-refractivity contribution in [1.29, 1.82) is 0 Å². The Morgan fingerprint density at radius 3 is 2.02 bits per heavy atom. The Hall–Kier alpha value is -3.95. The molecule has 2 aliphatic heterocycles. The molecule has 11 N–H and O–H groups in total. The molecule has 2 saturated heterocycles. The van der Waals surface area contributed by atoms with Crippen LogP contribution >= 0.6 is 0 Å². The normalized spacial score (nSPS) is 31.6. The molecule has 46 heavy (non-hydrogen) atoms. The van der Waals surface area contributed by atoms with Crippen LogP contribution in [-0.4, -0.2) is 138 Å². The van der Waals surface area contributed by atoms with Gasteiger partial charge in [-0.3, -0.25) is 4.79 Å². The number of aliphatic hydroxyl groups is 7. The lowest BCUT2D eigenvalue weighted by Crippen LogP contribution is -2.65. The molecule has 0 bridgehead atoms. The number of ether oxygens (including phenoxy) is 5. The molecule has 1 aromatic heterocycles. The molecule has 0 aliphatic carbocycles. The third-order valence-corrected chi connectivity index (χ3v) is 7.69. The second-order valence-electron chi connectivity index (χ2n) is 10.6. The molecule has 3 aromatic rings. The number of hydrogen-bond acceptors (Lipinski definition) is 18. The van der Waals surface area contributed by atoms with Gasteiger partial charge < -0.3 is 84.3 Å². The summed E-state index contributed by atoms with van der Waals surface area (Å²) in [5, 5.41) is 112. The summed E-state index contributed by atoms with van der Waals surface area (Å²) >= 11 is 0. The number of phenolic OH excluding ortho intramolecular Hbond substituents is 4. The van der Waals surface area contributed by atoms with Gasteiger partial charge in [-0.15, -0.1) is 0 Å². The molecule has 3 heterocycles. The van der Waals surface area contributed by atoms with Crippen LogP contribution in [0.15, 0.2) is 33.5 Å². The SMILES string of the molecule is COc1c(O)cc2oc(-c3ccc(O)c(O)c3)c(O[C@@H]3O[C@@H](CO)[C@H](O)[C@@H](O[C@@H]4O[C@@H](CO)[C@H](O)[C@H](O)[C@@H]4O)[C@@H]3O)c(=O)c2c1O. The van der Waals surface area contributed by atoms with Crippen LogP contribution in [0.1, 0.15) is 0 Å². The third kappa shape index (κ3) is 5.75. The summed E-state index contributed by atoms with van der Waals surface area (Å²) in [6.07, 6.45) is -18.1. The first kappa shape index (κ1) is 33.4. The summed E-state index contributed by atoms with van der Waals surface area (Å²) in [5.41, 5.74) is -1.58. The molecule has 0 spiro atoms. The number of hydrogen-bond donors (Lipinski definition) is 11. The Balaban J connectivity index is 1.58. The zero-order valence-electron chi connectivity index (χ0n) is 23.8. The quantitative estimate of drug-likeness (QED) is 0.110. The van der Waals surface area contributed by atoms with Crippen molar-refractivity contribution >= 4 is 11.0 Å². The lowest BCUT2D eigenvalue weighted by Gasteiger charge is -2.45. The highest BCUT2D eigenvalue weighted by molar-refractivity contribution is 5.91. The molecule has 18 nitrogen and oxygen atoms in total. The number of aromatic hydroxyl groups is 4. The molecule has 2 aromatic carbocycles. The molecule has 0 saturated carbocycles. The molecule has 0 unspecified atom stereocenters. The number of fused-ring (bicyclic) bond motifs is 1. The van der Waals surface area contributed by atoms with Crippen molar-refractivity contribution in [2.75, 3.05) is 20.3 Å². The Morgan fingerprint density at radius 2 is 1.39 bits per heavy atom. The van der Waals surface area contributed by atoms with Crippen molar-refractivity contribution in [3.8, 4) is 45.8 Å². The maximum atomic E-state index is 13.9. The highest BCUT2D eigenvalue weighted by atomic mass is 16.7. The number of aliphatic hydroxyl groups excluding tert-OH is 7. The monoisotopic (exact) mass is 656 g/mol.